The summed E-state index contributed by atoms with van der Waals surface area (Å²) in [5.74, 6) is 0.800. The molecule has 0 atom stereocenters. The summed E-state index contributed by atoms with van der Waals surface area (Å²) >= 11 is 3.54. The van der Waals surface area contributed by atoms with Gasteiger partial charge in [-0.25, -0.2) is 0 Å². The molecule has 3 aromatic rings. The molecule has 10 heteroatoms. The SMILES string of the molecule is Brc1c(NC2=NCCN2)ccc2nccnc12.Cc1ccc(S(=O)(=O)O)cc1. The van der Waals surface area contributed by atoms with Gasteiger partial charge in [0.2, 0.25) is 0 Å². The van der Waals surface area contributed by atoms with Crippen LogP contribution in [0.15, 0.2) is 63.2 Å². The first kappa shape index (κ1) is 20.2. The first-order valence-corrected chi connectivity index (χ1v) is 10.6. The first-order valence-electron chi connectivity index (χ1n) is 8.33. The third-order valence-corrected chi connectivity index (χ3v) is 5.50. The van der Waals surface area contributed by atoms with Crippen molar-refractivity contribution < 1.29 is 13.0 Å². The summed E-state index contributed by atoms with van der Waals surface area (Å²) in [6, 6.07) is 9.89. The highest BCUT2D eigenvalue weighted by molar-refractivity contribution is 9.10. The van der Waals surface area contributed by atoms with Gasteiger partial charge in [-0.2, -0.15) is 8.42 Å². The topological polar surface area (TPSA) is 117 Å². The number of nitrogens with one attached hydrogen (secondary N) is 2. The van der Waals surface area contributed by atoms with E-state index in [0.29, 0.717) is 0 Å². The van der Waals surface area contributed by atoms with E-state index < -0.39 is 10.1 Å². The molecular formula is C18H18BrN5O3S. The van der Waals surface area contributed by atoms with Crippen molar-refractivity contribution in [3.05, 3.63) is 58.8 Å². The predicted molar refractivity (Wildman–Crippen MR) is 112 cm³/mol. The number of guanidine groups is 1. The number of benzene rings is 2. The zero-order chi connectivity index (χ0) is 20.1. The number of aliphatic imine (C=N–C) groups is 1. The lowest BCUT2D eigenvalue weighted by molar-refractivity contribution is 0.483. The third kappa shape index (κ3) is 5.03. The number of halogens is 1. The molecule has 146 valence electrons. The number of rotatable bonds is 2. The largest absolute Gasteiger partial charge is 0.354 e. The highest BCUT2D eigenvalue weighted by Gasteiger charge is 2.10. The maximum absolute atomic E-state index is 10.5. The average Bonchev–Trinajstić information content (AvgIpc) is 3.18. The highest BCUT2D eigenvalue weighted by Crippen LogP contribution is 2.28. The lowest BCUT2D eigenvalue weighted by Crippen LogP contribution is -2.26. The molecule has 0 saturated carbocycles. The van der Waals surface area contributed by atoms with Crippen LogP contribution in [0.2, 0.25) is 0 Å². The van der Waals surface area contributed by atoms with Crippen LogP contribution >= 0.6 is 15.9 Å². The van der Waals surface area contributed by atoms with Crippen LogP contribution in [-0.4, -0.2) is 42.0 Å². The molecule has 2 aromatic carbocycles. The second kappa shape index (κ2) is 8.63. The Labute approximate surface area is 171 Å². The Balaban J connectivity index is 0.000000178. The minimum Gasteiger partial charge on any atom is -0.354 e. The van der Waals surface area contributed by atoms with E-state index in [0.717, 1.165) is 45.8 Å². The summed E-state index contributed by atoms with van der Waals surface area (Å²) in [6.07, 6.45) is 3.37. The van der Waals surface area contributed by atoms with Crippen molar-refractivity contribution in [1.29, 1.82) is 0 Å². The molecule has 1 aliphatic heterocycles. The Hall–Kier alpha value is -2.56. The maximum Gasteiger partial charge on any atom is 0.294 e. The van der Waals surface area contributed by atoms with Gasteiger partial charge in [-0.1, -0.05) is 17.7 Å². The summed E-state index contributed by atoms with van der Waals surface area (Å²) in [6.45, 7) is 3.54. The zero-order valence-corrected chi connectivity index (χ0v) is 17.3. The molecule has 0 saturated heterocycles. The van der Waals surface area contributed by atoms with Crippen molar-refractivity contribution in [1.82, 2.24) is 15.3 Å². The molecule has 1 aliphatic rings. The van der Waals surface area contributed by atoms with Gasteiger partial charge in [-0.05, 0) is 47.1 Å². The molecule has 8 nitrogen and oxygen atoms in total. The van der Waals surface area contributed by atoms with Crippen LogP contribution in [0.25, 0.3) is 11.0 Å². The lowest BCUT2D eigenvalue weighted by atomic mass is 10.2. The maximum atomic E-state index is 10.5. The molecule has 0 unspecified atom stereocenters. The molecule has 28 heavy (non-hydrogen) atoms. The molecular weight excluding hydrogens is 446 g/mol. The van der Waals surface area contributed by atoms with Gasteiger partial charge in [0.05, 0.1) is 27.1 Å². The van der Waals surface area contributed by atoms with Crippen molar-refractivity contribution >= 4 is 48.7 Å². The number of fused-ring (bicyclic) bond motifs is 1. The number of nitrogens with zero attached hydrogens (tertiary/aromatic N) is 3. The minimum atomic E-state index is -4.02. The summed E-state index contributed by atoms with van der Waals surface area (Å²) in [4.78, 5) is 12.8. The number of hydrogen-bond acceptors (Lipinski definition) is 7. The fourth-order valence-electron chi connectivity index (χ4n) is 2.42. The number of hydrogen-bond donors (Lipinski definition) is 3. The predicted octanol–water partition coefficient (Wildman–Crippen LogP) is 3.01. The third-order valence-electron chi connectivity index (χ3n) is 3.82. The summed E-state index contributed by atoms with van der Waals surface area (Å²) in [5.41, 5.74) is 3.60. The van der Waals surface area contributed by atoms with Gasteiger partial charge in [0, 0.05) is 18.9 Å². The fourth-order valence-corrected chi connectivity index (χ4v) is 3.44. The number of aryl methyl sites for hydroxylation is 1. The zero-order valence-electron chi connectivity index (χ0n) is 14.9. The smallest absolute Gasteiger partial charge is 0.294 e. The van der Waals surface area contributed by atoms with E-state index >= 15 is 0 Å². The van der Waals surface area contributed by atoms with Crippen LogP contribution in [0.5, 0.6) is 0 Å². The van der Waals surface area contributed by atoms with Gasteiger partial charge >= 0.3 is 0 Å². The Morgan fingerprint density at radius 3 is 2.46 bits per heavy atom. The van der Waals surface area contributed by atoms with Crippen molar-refractivity contribution in [2.75, 3.05) is 18.4 Å². The standard InChI is InChI=1S/C11H10BrN5.C7H8O3S/c12-9-7(17-11-15-5-6-16-11)1-2-8-10(9)14-4-3-13-8;1-6-2-4-7(5-3-6)11(8,9)10/h1-4H,5-6H2,(H2,15,16,17);2-5H,1H3,(H,8,9,10). The second-order valence-corrected chi connectivity index (χ2v) is 8.14. The van der Waals surface area contributed by atoms with Crippen molar-refractivity contribution in [3.63, 3.8) is 0 Å². The summed E-state index contributed by atoms with van der Waals surface area (Å²) in [7, 11) is -4.02. The van der Waals surface area contributed by atoms with Gasteiger partial charge in [0.25, 0.3) is 10.1 Å². The van der Waals surface area contributed by atoms with E-state index in [4.69, 9.17) is 4.55 Å². The molecule has 0 aliphatic carbocycles. The quantitative estimate of drug-likeness (QED) is 0.500. The van der Waals surface area contributed by atoms with E-state index in [2.05, 4.69) is 41.5 Å². The Bertz CT molecular complexity index is 1120. The number of anilines is 1. The van der Waals surface area contributed by atoms with Gasteiger partial charge in [0.15, 0.2) is 5.96 Å². The van der Waals surface area contributed by atoms with Crippen molar-refractivity contribution in [2.24, 2.45) is 4.99 Å². The molecule has 0 spiro atoms. The van der Waals surface area contributed by atoms with Gasteiger partial charge in [-0.15, -0.1) is 0 Å². The first-order chi connectivity index (χ1) is 13.3. The van der Waals surface area contributed by atoms with Crippen molar-refractivity contribution in [3.8, 4) is 0 Å². The molecule has 1 aromatic heterocycles. The molecule has 2 heterocycles. The second-order valence-electron chi connectivity index (χ2n) is 5.92. The Morgan fingerprint density at radius 2 is 1.82 bits per heavy atom. The molecule has 4 rings (SSSR count). The van der Waals surface area contributed by atoms with Crippen molar-refractivity contribution in [2.45, 2.75) is 11.8 Å². The van der Waals surface area contributed by atoms with Crippen LogP contribution in [0, 0.1) is 6.92 Å². The van der Waals surface area contributed by atoms with Crippen LogP contribution in [0.1, 0.15) is 5.56 Å². The lowest BCUT2D eigenvalue weighted by Gasteiger charge is -2.09. The van der Waals surface area contributed by atoms with Crippen LogP contribution in [-0.2, 0) is 10.1 Å². The van der Waals surface area contributed by atoms with E-state index in [1.165, 1.54) is 12.1 Å². The normalized spacial score (nSPS) is 13.3. The van der Waals surface area contributed by atoms with Crippen LogP contribution < -0.4 is 10.6 Å². The van der Waals surface area contributed by atoms with E-state index in [1.807, 2.05) is 19.1 Å². The summed E-state index contributed by atoms with van der Waals surface area (Å²) in [5, 5.41) is 6.39. The highest BCUT2D eigenvalue weighted by atomic mass is 79.9. The van der Waals surface area contributed by atoms with E-state index in [-0.39, 0.29) is 4.90 Å². The van der Waals surface area contributed by atoms with Gasteiger partial charge in [-0.3, -0.25) is 19.5 Å². The molecule has 0 radical (unpaired) electrons. The van der Waals surface area contributed by atoms with Crippen LogP contribution in [0.3, 0.4) is 0 Å². The van der Waals surface area contributed by atoms with E-state index in [1.54, 1.807) is 24.5 Å². The molecule has 0 bridgehead atoms. The molecule has 3 N–H and O–H groups in total. The monoisotopic (exact) mass is 463 g/mol. The van der Waals surface area contributed by atoms with Crippen LogP contribution in [0.4, 0.5) is 5.69 Å². The summed E-state index contributed by atoms with van der Waals surface area (Å²) < 4.78 is 30.5. The minimum absolute atomic E-state index is 0.0666. The Kier molecular flexibility index (Phi) is 6.22. The number of aromatic nitrogens is 2. The van der Waals surface area contributed by atoms with E-state index in [9.17, 15) is 8.42 Å². The van der Waals surface area contributed by atoms with Gasteiger partial charge in [0.1, 0.15) is 5.52 Å². The average molecular weight is 464 g/mol. The molecule has 0 amide bonds. The van der Waals surface area contributed by atoms with Gasteiger partial charge < -0.3 is 10.6 Å². The fraction of sp³-hybridized carbons (Fsp3) is 0.167. The Morgan fingerprint density at radius 1 is 1.11 bits per heavy atom. The molecule has 0 fully saturated rings.